The predicted octanol–water partition coefficient (Wildman–Crippen LogP) is 1.51. The van der Waals surface area contributed by atoms with E-state index < -0.39 is 6.10 Å². The van der Waals surface area contributed by atoms with Crippen molar-refractivity contribution in [2.24, 2.45) is 0 Å². The number of amides is 1. The van der Waals surface area contributed by atoms with E-state index >= 15 is 0 Å². The van der Waals surface area contributed by atoms with Crippen LogP contribution in [0.25, 0.3) is 11.1 Å². The van der Waals surface area contributed by atoms with Crippen LogP contribution < -0.4 is 5.32 Å². The number of nitrogens with one attached hydrogen (secondary N) is 1. The first-order chi connectivity index (χ1) is 9.20. The van der Waals surface area contributed by atoms with Crippen LogP contribution in [0.4, 0.5) is 5.82 Å². The fourth-order valence-electron chi connectivity index (χ4n) is 1.42. The standard InChI is InChI=1S/C13H14N4O2/c1-9(19-2)13(18)17-12-4-3-10(7-16-12)11-5-14-8-15-6-11/h3-9H,1-2H3,(H,16,17,18)/t9-/m0/s1. The molecule has 1 N–H and O–H groups in total. The first kappa shape index (κ1) is 13.1. The first-order valence-corrected chi connectivity index (χ1v) is 5.76. The summed E-state index contributed by atoms with van der Waals surface area (Å²) in [7, 11) is 1.48. The van der Waals surface area contributed by atoms with Crippen LogP contribution >= 0.6 is 0 Å². The molecule has 0 saturated carbocycles. The summed E-state index contributed by atoms with van der Waals surface area (Å²) in [5, 5.41) is 2.66. The molecule has 98 valence electrons. The van der Waals surface area contributed by atoms with Crippen molar-refractivity contribution in [3.8, 4) is 11.1 Å². The van der Waals surface area contributed by atoms with Crippen molar-refractivity contribution in [1.82, 2.24) is 15.0 Å². The number of nitrogens with zero attached hydrogens (tertiary/aromatic N) is 3. The molecule has 0 unspecified atom stereocenters. The predicted molar refractivity (Wildman–Crippen MR) is 70.4 cm³/mol. The molecule has 0 saturated heterocycles. The van der Waals surface area contributed by atoms with Crippen LogP contribution in [0.5, 0.6) is 0 Å². The first-order valence-electron chi connectivity index (χ1n) is 5.76. The van der Waals surface area contributed by atoms with Crippen LogP contribution in [-0.4, -0.2) is 34.1 Å². The normalized spacial score (nSPS) is 11.9. The van der Waals surface area contributed by atoms with Gasteiger partial charge in [-0.25, -0.2) is 15.0 Å². The molecule has 0 aromatic carbocycles. The molecule has 0 spiro atoms. The lowest BCUT2D eigenvalue weighted by atomic mass is 10.1. The Morgan fingerprint density at radius 1 is 1.21 bits per heavy atom. The minimum Gasteiger partial charge on any atom is -0.372 e. The van der Waals surface area contributed by atoms with Crippen LogP contribution in [0.2, 0.25) is 0 Å². The third-order valence-electron chi connectivity index (χ3n) is 2.63. The fraction of sp³-hybridized carbons (Fsp3) is 0.231. The molecular formula is C13H14N4O2. The quantitative estimate of drug-likeness (QED) is 0.899. The van der Waals surface area contributed by atoms with Crippen molar-refractivity contribution in [2.75, 3.05) is 12.4 Å². The van der Waals surface area contributed by atoms with Gasteiger partial charge in [0.05, 0.1) is 0 Å². The molecule has 0 bridgehead atoms. The van der Waals surface area contributed by atoms with Crippen LogP contribution in [-0.2, 0) is 9.53 Å². The monoisotopic (exact) mass is 258 g/mol. The highest BCUT2D eigenvalue weighted by Crippen LogP contribution is 2.17. The Hall–Kier alpha value is -2.34. The van der Waals surface area contributed by atoms with Gasteiger partial charge in [-0.3, -0.25) is 4.79 Å². The van der Waals surface area contributed by atoms with E-state index in [-0.39, 0.29) is 5.91 Å². The zero-order chi connectivity index (χ0) is 13.7. The number of carbonyl (C=O) groups excluding carboxylic acids is 1. The van der Waals surface area contributed by atoms with Crippen LogP contribution in [0.3, 0.4) is 0 Å². The summed E-state index contributed by atoms with van der Waals surface area (Å²) in [6.45, 7) is 1.67. The number of carbonyl (C=O) groups is 1. The average Bonchev–Trinajstić information content (AvgIpc) is 2.48. The van der Waals surface area contributed by atoms with Gasteiger partial charge in [-0.2, -0.15) is 0 Å². The highest BCUT2D eigenvalue weighted by molar-refractivity contribution is 5.93. The molecule has 0 aliphatic rings. The maximum atomic E-state index is 11.6. The van der Waals surface area contributed by atoms with Gasteiger partial charge >= 0.3 is 0 Å². The molecule has 0 aliphatic carbocycles. The summed E-state index contributed by atoms with van der Waals surface area (Å²) in [4.78, 5) is 23.7. The van der Waals surface area contributed by atoms with Gasteiger partial charge in [-0.1, -0.05) is 0 Å². The Morgan fingerprint density at radius 2 is 1.95 bits per heavy atom. The van der Waals surface area contributed by atoms with Crippen molar-refractivity contribution >= 4 is 11.7 Å². The number of ether oxygens (including phenoxy) is 1. The Labute approximate surface area is 110 Å². The number of hydrogen-bond acceptors (Lipinski definition) is 5. The highest BCUT2D eigenvalue weighted by atomic mass is 16.5. The van der Waals surface area contributed by atoms with Crippen molar-refractivity contribution in [3.63, 3.8) is 0 Å². The van der Waals surface area contributed by atoms with Gasteiger partial charge < -0.3 is 10.1 Å². The molecule has 2 rings (SSSR count). The summed E-state index contributed by atoms with van der Waals surface area (Å²) in [5.41, 5.74) is 1.76. The van der Waals surface area contributed by atoms with E-state index in [0.717, 1.165) is 11.1 Å². The lowest BCUT2D eigenvalue weighted by molar-refractivity contribution is -0.124. The van der Waals surface area contributed by atoms with E-state index in [1.807, 2.05) is 6.07 Å². The Morgan fingerprint density at radius 3 is 2.53 bits per heavy atom. The molecule has 1 amide bonds. The van der Waals surface area contributed by atoms with Crippen molar-refractivity contribution in [3.05, 3.63) is 37.1 Å². The SMILES string of the molecule is CO[C@@H](C)C(=O)Nc1ccc(-c2cncnc2)cn1. The van der Waals surface area contributed by atoms with Gasteiger partial charge in [0.25, 0.3) is 5.91 Å². The second-order valence-corrected chi connectivity index (χ2v) is 3.93. The van der Waals surface area contributed by atoms with Crippen LogP contribution in [0.15, 0.2) is 37.1 Å². The number of rotatable bonds is 4. The average molecular weight is 258 g/mol. The zero-order valence-electron chi connectivity index (χ0n) is 10.7. The Kier molecular flexibility index (Phi) is 4.15. The molecular weight excluding hydrogens is 244 g/mol. The lowest BCUT2D eigenvalue weighted by Crippen LogP contribution is -2.26. The van der Waals surface area contributed by atoms with Gasteiger partial charge in [-0.15, -0.1) is 0 Å². The summed E-state index contributed by atoms with van der Waals surface area (Å²) >= 11 is 0. The number of aromatic nitrogens is 3. The molecule has 6 heteroatoms. The van der Waals surface area contributed by atoms with Crippen molar-refractivity contribution < 1.29 is 9.53 Å². The van der Waals surface area contributed by atoms with Gasteiger partial charge in [0.1, 0.15) is 18.2 Å². The summed E-state index contributed by atoms with van der Waals surface area (Å²) in [5.74, 6) is 0.250. The van der Waals surface area contributed by atoms with Crippen molar-refractivity contribution in [1.29, 1.82) is 0 Å². The van der Waals surface area contributed by atoms with E-state index in [2.05, 4.69) is 20.3 Å². The van der Waals surface area contributed by atoms with Gasteiger partial charge in [0.15, 0.2) is 0 Å². The number of hydrogen-bond donors (Lipinski definition) is 1. The van der Waals surface area contributed by atoms with Gasteiger partial charge in [-0.05, 0) is 19.1 Å². The van der Waals surface area contributed by atoms with E-state index in [1.165, 1.54) is 13.4 Å². The topological polar surface area (TPSA) is 77.0 Å². The van der Waals surface area contributed by atoms with Crippen LogP contribution in [0.1, 0.15) is 6.92 Å². The zero-order valence-corrected chi connectivity index (χ0v) is 10.7. The third kappa shape index (κ3) is 3.32. The maximum absolute atomic E-state index is 11.6. The van der Waals surface area contributed by atoms with Crippen LogP contribution in [0, 0.1) is 0 Å². The molecule has 2 heterocycles. The number of anilines is 1. The number of pyridine rings is 1. The minimum absolute atomic E-state index is 0.231. The summed E-state index contributed by atoms with van der Waals surface area (Å²) in [6.07, 6.45) is 6.03. The smallest absolute Gasteiger partial charge is 0.254 e. The molecule has 2 aromatic rings. The number of methoxy groups -OCH3 is 1. The molecule has 1 atom stereocenters. The minimum atomic E-state index is -0.510. The molecule has 0 radical (unpaired) electrons. The molecule has 0 aliphatic heterocycles. The van der Waals surface area contributed by atoms with Gasteiger partial charge in [0, 0.05) is 36.8 Å². The van der Waals surface area contributed by atoms with E-state index in [1.54, 1.807) is 31.6 Å². The summed E-state index contributed by atoms with van der Waals surface area (Å²) < 4.78 is 4.92. The third-order valence-corrected chi connectivity index (χ3v) is 2.63. The second kappa shape index (κ2) is 6.01. The van der Waals surface area contributed by atoms with Crippen molar-refractivity contribution in [2.45, 2.75) is 13.0 Å². The molecule has 0 fully saturated rings. The molecule has 6 nitrogen and oxygen atoms in total. The molecule has 2 aromatic heterocycles. The van der Waals surface area contributed by atoms with E-state index in [4.69, 9.17) is 4.74 Å². The Bertz CT molecular complexity index is 542. The van der Waals surface area contributed by atoms with E-state index in [9.17, 15) is 4.79 Å². The summed E-state index contributed by atoms with van der Waals surface area (Å²) in [6, 6.07) is 3.57. The maximum Gasteiger partial charge on any atom is 0.254 e. The Balaban J connectivity index is 2.09. The fourth-order valence-corrected chi connectivity index (χ4v) is 1.42. The van der Waals surface area contributed by atoms with E-state index in [0.29, 0.717) is 5.82 Å². The molecule has 19 heavy (non-hydrogen) atoms. The lowest BCUT2D eigenvalue weighted by Gasteiger charge is -2.09. The second-order valence-electron chi connectivity index (χ2n) is 3.93. The highest BCUT2D eigenvalue weighted by Gasteiger charge is 2.11. The van der Waals surface area contributed by atoms with Gasteiger partial charge in [0.2, 0.25) is 0 Å². The largest absolute Gasteiger partial charge is 0.372 e.